The molecule has 2 N–H and O–H groups in total. The van der Waals surface area contributed by atoms with E-state index in [4.69, 9.17) is 10.5 Å². The predicted octanol–water partition coefficient (Wildman–Crippen LogP) is 1.07. The van der Waals surface area contributed by atoms with Crippen LogP contribution in [-0.2, 0) is 9.53 Å². The molecular formula is C8H17NO2. The molecule has 1 atom stereocenters. The molecule has 0 saturated heterocycles. The van der Waals surface area contributed by atoms with Crippen LogP contribution in [-0.4, -0.2) is 17.6 Å². The molecule has 0 aromatic rings. The average Bonchev–Trinajstić information content (AvgIpc) is 1.53. The number of ether oxygens (including phenoxy) is 1. The molecule has 0 rings (SSSR count). The van der Waals surface area contributed by atoms with Crippen LogP contribution in [0.1, 0.15) is 34.1 Å². The van der Waals surface area contributed by atoms with Gasteiger partial charge in [0.15, 0.2) is 0 Å². The van der Waals surface area contributed by atoms with E-state index < -0.39 is 5.60 Å². The highest BCUT2D eigenvalue weighted by Crippen LogP contribution is 2.08. The first kappa shape index (κ1) is 10.4. The summed E-state index contributed by atoms with van der Waals surface area (Å²) in [6.45, 7) is 7.30. The second kappa shape index (κ2) is 3.72. The zero-order valence-electron chi connectivity index (χ0n) is 7.68. The van der Waals surface area contributed by atoms with Crippen molar-refractivity contribution in [2.45, 2.75) is 45.8 Å². The van der Waals surface area contributed by atoms with Crippen molar-refractivity contribution in [1.82, 2.24) is 0 Å². The van der Waals surface area contributed by atoms with Gasteiger partial charge in [0.25, 0.3) is 0 Å². The molecule has 0 aliphatic heterocycles. The van der Waals surface area contributed by atoms with E-state index in [1.807, 2.05) is 20.8 Å². The Kier molecular flexibility index (Phi) is 3.52. The minimum Gasteiger partial charge on any atom is -0.460 e. The highest BCUT2D eigenvalue weighted by Gasteiger charge is 2.16. The molecule has 11 heavy (non-hydrogen) atoms. The number of hydrogen-bond acceptors (Lipinski definition) is 3. The van der Waals surface area contributed by atoms with Crippen molar-refractivity contribution in [2.75, 3.05) is 0 Å². The second-order valence-electron chi connectivity index (χ2n) is 3.77. The lowest BCUT2D eigenvalue weighted by Crippen LogP contribution is -2.28. The highest BCUT2D eigenvalue weighted by molar-refractivity contribution is 5.70. The van der Waals surface area contributed by atoms with Crippen LogP contribution in [0.5, 0.6) is 0 Å². The topological polar surface area (TPSA) is 52.3 Å². The monoisotopic (exact) mass is 159 g/mol. The van der Waals surface area contributed by atoms with Crippen LogP contribution < -0.4 is 5.73 Å². The van der Waals surface area contributed by atoms with E-state index in [0.29, 0.717) is 0 Å². The van der Waals surface area contributed by atoms with Crippen LogP contribution in [0.15, 0.2) is 0 Å². The van der Waals surface area contributed by atoms with Crippen LogP contribution in [0.2, 0.25) is 0 Å². The maximum Gasteiger partial charge on any atom is 0.307 e. The summed E-state index contributed by atoms with van der Waals surface area (Å²) in [5.74, 6) is -0.229. The summed E-state index contributed by atoms with van der Waals surface area (Å²) < 4.78 is 5.03. The van der Waals surface area contributed by atoms with Crippen LogP contribution in [0.4, 0.5) is 0 Å². The predicted molar refractivity (Wildman–Crippen MR) is 44.1 cm³/mol. The second-order valence-corrected chi connectivity index (χ2v) is 3.77. The standard InChI is InChI=1S/C8H17NO2/c1-6(9)5-7(10)11-8(2,3)4/h6H,5,9H2,1-4H3. The zero-order chi connectivity index (χ0) is 9.07. The zero-order valence-corrected chi connectivity index (χ0v) is 7.68. The molecular weight excluding hydrogens is 142 g/mol. The molecule has 0 bridgehead atoms. The van der Waals surface area contributed by atoms with Gasteiger partial charge in [-0.05, 0) is 27.7 Å². The number of nitrogens with two attached hydrogens (primary N) is 1. The highest BCUT2D eigenvalue weighted by atomic mass is 16.6. The van der Waals surface area contributed by atoms with Crippen molar-refractivity contribution in [1.29, 1.82) is 0 Å². The van der Waals surface area contributed by atoms with Gasteiger partial charge in [-0.25, -0.2) is 0 Å². The summed E-state index contributed by atoms with van der Waals surface area (Å²) in [6.07, 6.45) is 0.289. The Labute approximate surface area is 67.9 Å². The number of carbonyl (C=O) groups is 1. The Morgan fingerprint density at radius 2 is 2.00 bits per heavy atom. The van der Waals surface area contributed by atoms with E-state index in [1.54, 1.807) is 6.92 Å². The fraction of sp³-hybridized carbons (Fsp3) is 0.875. The van der Waals surface area contributed by atoms with Crippen LogP contribution in [0.25, 0.3) is 0 Å². The molecule has 3 heteroatoms. The van der Waals surface area contributed by atoms with Crippen molar-refractivity contribution < 1.29 is 9.53 Å². The fourth-order valence-corrected chi connectivity index (χ4v) is 0.646. The van der Waals surface area contributed by atoms with Gasteiger partial charge >= 0.3 is 5.97 Å². The smallest absolute Gasteiger partial charge is 0.307 e. The van der Waals surface area contributed by atoms with E-state index in [2.05, 4.69) is 0 Å². The minimum absolute atomic E-state index is 0.121. The molecule has 0 aromatic carbocycles. The Hall–Kier alpha value is -0.570. The summed E-state index contributed by atoms with van der Waals surface area (Å²) in [5, 5.41) is 0. The van der Waals surface area contributed by atoms with Crippen LogP contribution >= 0.6 is 0 Å². The quantitative estimate of drug-likeness (QED) is 0.613. The van der Waals surface area contributed by atoms with E-state index in [1.165, 1.54) is 0 Å². The summed E-state index contributed by atoms with van der Waals surface area (Å²) >= 11 is 0. The van der Waals surface area contributed by atoms with Crippen molar-refractivity contribution in [2.24, 2.45) is 5.73 Å². The molecule has 0 heterocycles. The maximum absolute atomic E-state index is 11.0. The third-order valence-electron chi connectivity index (χ3n) is 0.909. The molecule has 0 spiro atoms. The fourth-order valence-electron chi connectivity index (χ4n) is 0.646. The number of esters is 1. The molecule has 3 nitrogen and oxygen atoms in total. The van der Waals surface area contributed by atoms with Crippen molar-refractivity contribution in [3.8, 4) is 0 Å². The maximum atomic E-state index is 11.0. The van der Waals surface area contributed by atoms with Gasteiger partial charge in [0.05, 0.1) is 6.42 Å². The Morgan fingerprint density at radius 3 is 2.27 bits per heavy atom. The minimum atomic E-state index is -0.397. The molecule has 0 fully saturated rings. The Morgan fingerprint density at radius 1 is 1.55 bits per heavy atom. The molecule has 0 aliphatic carbocycles. The molecule has 66 valence electrons. The van der Waals surface area contributed by atoms with Crippen molar-refractivity contribution >= 4 is 5.97 Å². The van der Waals surface area contributed by atoms with E-state index in [9.17, 15) is 4.79 Å². The summed E-state index contributed by atoms with van der Waals surface area (Å²) in [5.41, 5.74) is 5.01. The van der Waals surface area contributed by atoms with Crippen molar-refractivity contribution in [3.63, 3.8) is 0 Å². The summed E-state index contributed by atoms with van der Waals surface area (Å²) in [7, 11) is 0. The van der Waals surface area contributed by atoms with E-state index in [-0.39, 0.29) is 18.4 Å². The number of carbonyl (C=O) groups excluding carboxylic acids is 1. The summed E-state index contributed by atoms with van der Waals surface area (Å²) in [6, 6.07) is -0.121. The molecule has 0 radical (unpaired) electrons. The molecule has 1 unspecified atom stereocenters. The lowest BCUT2D eigenvalue weighted by molar-refractivity contribution is -0.155. The van der Waals surface area contributed by atoms with Gasteiger partial charge in [-0.1, -0.05) is 0 Å². The van der Waals surface area contributed by atoms with Gasteiger partial charge in [0.2, 0.25) is 0 Å². The summed E-state index contributed by atoms with van der Waals surface area (Å²) in [4.78, 5) is 11.0. The van der Waals surface area contributed by atoms with Crippen LogP contribution in [0, 0.1) is 0 Å². The van der Waals surface area contributed by atoms with Gasteiger partial charge in [0.1, 0.15) is 5.60 Å². The third-order valence-corrected chi connectivity index (χ3v) is 0.909. The largest absolute Gasteiger partial charge is 0.460 e. The average molecular weight is 159 g/mol. The Bertz CT molecular complexity index is 136. The molecule has 0 aliphatic rings. The SMILES string of the molecule is CC(N)CC(=O)OC(C)(C)C. The lowest BCUT2D eigenvalue weighted by Gasteiger charge is -2.19. The lowest BCUT2D eigenvalue weighted by atomic mass is 10.2. The van der Waals surface area contributed by atoms with Gasteiger partial charge in [-0.2, -0.15) is 0 Å². The first-order valence-electron chi connectivity index (χ1n) is 3.78. The van der Waals surface area contributed by atoms with Crippen molar-refractivity contribution in [3.05, 3.63) is 0 Å². The van der Waals surface area contributed by atoms with Gasteiger partial charge in [-0.15, -0.1) is 0 Å². The molecule has 0 saturated carbocycles. The molecule has 0 aromatic heterocycles. The van der Waals surface area contributed by atoms with E-state index in [0.717, 1.165) is 0 Å². The third kappa shape index (κ3) is 7.33. The number of hydrogen-bond donors (Lipinski definition) is 1. The first-order valence-corrected chi connectivity index (χ1v) is 3.78. The Balaban J connectivity index is 3.71. The van der Waals surface area contributed by atoms with Gasteiger partial charge in [0, 0.05) is 6.04 Å². The number of rotatable bonds is 2. The molecule has 0 amide bonds. The van der Waals surface area contributed by atoms with Gasteiger partial charge < -0.3 is 10.5 Å². The first-order chi connectivity index (χ1) is 4.81. The van der Waals surface area contributed by atoms with Gasteiger partial charge in [-0.3, -0.25) is 4.79 Å². The van der Waals surface area contributed by atoms with Crippen LogP contribution in [0.3, 0.4) is 0 Å². The normalized spacial score (nSPS) is 14.3. The van der Waals surface area contributed by atoms with E-state index >= 15 is 0 Å².